The summed E-state index contributed by atoms with van der Waals surface area (Å²) in [5.41, 5.74) is 5.31. The normalized spacial score (nSPS) is 14.9. The molecule has 0 saturated carbocycles. The van der Waals surface area contributed by atoms with Gasteiger partial charge in [0.15, 0.2) is 0 Å². The summed E-state index contributed by atoms with van der Waals surface area (Å²) in [4.78, 5) is 12.2. The standard InChI is InChI=1S/C18H16ClNO2/c1-10-6-12(7-11(2)17(10)22-3)8-15-14-9-13(19)4-5-16(14)20-18(15)21/h4-9H,1-3H3,(H,20,21)/b15-8-. The first kappa shape index (κ1) is 14.7. The van der Waals surface area contributed by atoms with E-state index in [-0.39, 0.29) is 5.91 Å². The molecule has 3 nitrogen and oxygen atoms in total. The molecule has 4 heteroatoms. The van der Waals surface area contributed by atoms with Gasteiger partial charge >= 0.3 is 0 Å². The van der Waals surface area contributed by atoms with Crippen LogP contribution >= 0.6 is 11.6 Å². The van der Waals surface area contributed by atoms with Crippen LogP contribution < -0.4 is 10.1 Å². The van der Waals surface area contributed by atoms with Gasteiger partial charge in [-0.2, -0.15) is 0 Å². The molecule has 0 aromatic heterocycles. The number of nitrogens with one attached hydrogen (secondary N) is 1. The maximum Gasteiger partial charge on any atom is 0.256 e. The van der Waals surface area contributed by atoms with Crippen molar-refractivity contribution in [3.05, 3.63) is 57.6 Å². The summed E-state index contributed by atoms with van der Waals surface area (Å²) in [5, 5.41) is 3.47. The van der Waals surface area contributed by atoms with Gasteiger partial charge in [-0.15, -0.1) is 0 Å². The lowest BCUT2D eigenvalue weighted by atomic mass is 10.0. The lowest BCUT2D eigenvalue weighted by Gasteiger charge is -2.10. The molecule has 0 bridgehead atoms. The smallest absolute Gasteiger partial charge is 0.256 e. The number of hydrogen-bond acceptors (Lipinski definition) is 2. The first-order chi connectivity index (χ1) is 10.5. The van der Waals surface area contributed by atoms with Crippen LogP contribution in [0.3, 0.4) is 0 Å². The Morgan fingerprint density at radius 1 is 1.14 bits per heavy atom. The molecule has 1 heterocycles. The highest BCUT2D eigenvalue weighted by molar-refractivity contribution is 6.36. The molecule has 2 aromatic rings. The number of rotatable bonds is 2. The maximum atomic E-state index is 12.2. The summed E-state index contributed by atoms with van der Waals surface area (Å²) in [6.45, 7) is 3.99. The Labute approximate surface area is 134 Å². The molecule has 0 radical (unpaired) electrons. The lowest BCUT2D eigenvalue weighted by molar-refractivity contribution is -0.110. The van der Waals surface area contributed by atoms with Gasteiger partial charge in [0, 0.05) is 21.8 Å². The minimum Gasteiger partial charge on any atom is -0.496 e. The number of aryl methyl sites for hydroxylation is 2. The molecular formula is C18H16ClNO2. The third-order valence-electron chi connectivity index (χ3n) is 3.76. The third-order valence-corrected chi connectivity index (χ3v) is 4.00. The van der Waals surface area contributed by atoms with Crippen molar-refractivity contribution in [1.29, 1.82) is 0 Å². The zero-order chi connectivity index (χ0) is 15.9. The van der Waals surface area contributed by atoms with Crippen molar-refractivity contribution >= 4 is 34.8 Å². The quantitative estimate of drug-likeness (QED) is 0.831. The molecule has 0 unspecified atom stereocenters. The fourth-order valence-corrected chi connectivity index (χ4v) is 3.03. The predicted molar refractivity (Wildman–Crippen MR) is 90.4 cm³/mol. The van der Waals surface area contributed by atoms with E-state index in [1.165, 1.54) is 0 Å². The average molecular weight is 314 g/mol. The van der Waals surface area contributed by atoms with Gasteiger partial charge in [0.1, 0.15) is 5.75 Å². The van der Waals surface area contributed by atoms with Gasteiger partial charge in [0.05, 0.1) is 7.11 Å². The molecule has 112 valence electrons. The van der Waals surface area contributed by atoms with E-state index < -0.39 is 0 Å². The van der Waals surface area contributed by atoms with Crippen LogP contribution in [0.25, 0.3) is 11.6 Å². The minimum absolute atomic E-state index is 0.108. The molecule has 1 N–H and O–H groups in total. The van der Waals surface area contributed by atoms with E-state index in [2.05, 4.69) is 5.32 Å². The van der Waals surface area contributed by atoms with Crippen LogP contribution in [0.15, 0.2) is 30.3 Å². The van der Waals surface area contributed by atoms with E-state index in [4.69, 9.17) is 16.3 Å². The largest absolute Gasteiger partial charge is 0.496 e. The number of hydrogen-bond donors (Lipinski definition) is 1. The molecule has 0 fully saturated rings. The third kappa shape index (κ3) is 2.48. The van der Waals surface area contributed by atoms with E-state index in [1.807, 2.05) is 44.2 Å². The van der Waals surface area contributed by atoms with E-state index in [9.17, 15) is 4.79 Å². The highest BCUT2D eigenvalue weighted by Crippen LogP contribution is 2.35. The Kier molecular flexibility index (Phi) is 3.67. The van der Waals surface area contributed by atoms with Crippen molar-refractivity contribution in [3.63, 3.8) is 0 Å². The maximum absolute atomic E-state index is 12.2. The molecular weight excluding hydrogens is 298 g/mol. The van der Waals surface area contributed by atoms with Crippen LogP contribution in [0.5, 0.6) is 5.75 Å². The van der Waals surface area contributed by atoms with E-state index in [1.54, 1.807) is 13.2 Å². The zero-order valence-corrected chi connectivity index (χ0v) is 13.4. The van der Waals surface area contributed by atoms with Gasteiger partial charge in [-0.1, -0.05) is 11.6 Å². The molecule has 2 aromatic carbocycles. The number of ether oxygens (including phenoxy) is 1. The number of anilines is 1. The molecule has 0 aliphatic carbocycles. The van der Waals surface area contributed by atoms with E-state index in [0.29, 0.717) is 10.6 Å². The molecule has 0 atom stereocenters. The molecule has 0 saturated heterocycles. The summed E-state index contributed by atoms with van der Waals surface area (Å²) in [7, 11) is 1.66. The molecule has 1 aliphatic heterocycles. The second kappa shape index (κ2) is 5.50. The Hall–Kier alpha value is -2.26. The number of halogens is 1. The zero-order valence-electron chi connectivity index (χ0n) is 12.7. The van der Waals surface area contributed by atoms with Gasteiger partial charge < -0.3 is 10.1 Å². The summed E-state index contributed by atoms with van der Waals surface area (Å²) >= 11 is 6.05. The number of carbonyl (C=O) groups excluding carboxylic acids is 1. The van der Waals surface area contributed by atoms with Gasteiger partial charge in [0.25, 0.3) is 5.91 Å². The van der Waals surface area contributed by atoms with Gasteiger partial charge in [0.2, 0.25) is 0 Å². The topological polar surface area (TPSA) is 38.3 Å². The van der Waals surface area contributed by atoms with Crippen molar-refractivity contribution in [2.75, 3.05) is 12.4 Å². The lowest BCUT2D eigenvalue weighted by Crippen LogP contribution is -2.03. The predicted octanol–water partition coefficient (Wildman–Crippen LogP) is 4.46. The fraction of sp³-hybridized carbons (Fsp3) is 0.167. The molecule has 3 rings (SSSR count). The van der Waals surface area contributed by atoms with Crippen molar-refractivity contribution in [2.45, 2.75) is 13.8 Å². The molecule has 1 aliphatic rings. The number of fused-ring (bicyclic) bond motifs is 1. The first-order valence-electron chi connectivity index (χ1n) is 6.98. The summed E-state index contributed by atoms with van der Waals surface area (Å²) in [5.74, 6) is 0.768. The Morgan fingerprint density at radius 2 is 1.82 bits per heavy atom. The summed E-state index contributed by atoms with van der Waals surface area (Å²) in [6.07, 6.45) is 1.89. The Morgan fingerprint density at radius 3 is 2.45 bits per heavy atom. The molecule has 0 spiro atoms. The second-order valence-corrected chi connectivity index (χ2v) is 5.83. The summed E-state index contributed by atoms with van der Waals surface area (Å²) in [6, 6.07) is 9.42. The number of methoxy groups -OCH3 is 1. The number of amides is 1. The van der Waals surface area contributed by atoms with Crippen molar-refractivity contribution in [3.8, 4) is 5.75 Å². The van der Waals surface area contributed by atoms with Crippen LogP contribution in [0.4, 0.5) is 5.69 Å². The number of carbonyl (C=O) groups is 1. The monoisotopic (exact) mass is 313 g/mol. The minimum atomic E-state index is -0.108. The molecule has 1 amide bonds. The van der Waals surface area contributed by atoms with Crippen LogP contribution in [-0.4, -0.2) is 13.0 Å². The van der Waals surface area contributed by atoms with Crippen molar-refractivity contribution in [2.24, 2.45) is 0 Å². The van der Waals surface area contributed by atoms with Crippen LogP contribution in [-0.2, 0) is 4.79 Å². The SMILES string of the molecule is COc1c(C)cc(/C=C2\C(=O)Nc3ccc(Cl)cc32)cc1C. The van der Waals surface area contributed by atoms with Crippen LogP contribution in [0, 0.1) is 13.8 Å². The second-order valence-electron chi connectivity index (χ2n) is 5.39. The van der Waals surface area contributed by atoms with Gasteiger partial charge in [-0.25, -0.2) is 0 Å². The van der Waals surface area contributed by atoms with E-state index in [0.717, 1.165) is 33.7 Å². The van der Waals surface area contributed by atoms with Crippen molar-refractivity contribution < 1.29 is 9.53 Å². The highest BCUT2D eigenvalue weighted by Gasteiger charge is 2.24. The Bertz CT molecular complexity index is 786. The highest BCUT2D eigenvalue weighted by atomic mass is 35.5. The average Bonchev–Trinajstić information content (AvgIpc) is 2.75. The van der Waals surface area contributed by atoms with Crippen LogP contribution in [0.1, 0.15) is 22.3 Å². The molecule has 22 heavy (non-hydrogen) atoms. The Balaban J connectivity index is 2.10. The van der Waals surface area contributed by atoms with Crippen molar-refractivity contribution in [1.82, 2.24) is 0 Å². The van der Waals surface area contributed by atoms with E-state index >= 15 is 0 Å². The fourth-order valence-electron chi connectivity index (χ4n) is 2.86. The van der Waals surface area contributed by atoms with Crippen LogP contribution in [0.2, 0.25) is 5.02 Å². The number of benzene rings is 2. The summed E-state index contributed by atoms with van der Waals surface area (Å²) < 4.78 is 5.38. The van der Waals surface area contributed by atoms with Gasteiger partial charge in [-0.05, 0) is 66.9 Å². The first-order valence-corrected chi connectivity index (χ1v) is 7.35. The van der Waals surface area contributed by atoms with Gasteiger partial charge in [-0.3, -0.25) is 4.79 Å².